The smallest absolute Gasteiger partial charge is 0.416 e. The molecule has 0 N–H and O–H groups in total. The van der Waals surface area contributed by atoms with Gasteiger partial charge in [-0.1, -0.05) is 36.0 Å². The average Bonchev–Trinajstić information content (AvgIpc) is 3.40. The first-order valence-electron chi connectivity index (χ1n) is 12.9. The van der Waals surface area contributed by atoms with Crippen molar-refractivity contribution in [3.05, 3.63) is 90.3 Å². The summed E-state index contributed by atoms with van der Waals surface area (Å²) < 4.78 is 72.4. The molecule has 2 heterocycles. The van der Waals surface area contributed by atoms with E-state index in [1.807, 2.05) is 30.3 Å². The molecule has 12 heteroatoms. The van der Waals surface area contributed by atoms with Gasteiger partial charge in [0, 0.05) is 28.8 Å². The van der Waals surface area contributed by atoms with Gasteiger partial charge in [0.1, 0.15) is 5.82 Å². The molecule has 0 spiro atoms. The topological polar surface area (TPSA) is 71.3 Å². The highest BCUT2D eigenvalue weighted by Crippen LogP contribution is 2.42. The van der Waals surface area contributed by atoms with Crippen molar-refractivity contribution < 1.29 is 31.8 Å². The van der Waals surface area contributed by atoms with Crippen LogP contribution in [0.1, 0.15) is 11.1 Å². The fourth-order valence-electron chi connectivity index (χ4n) is 4.63. The Hall–Kier alpha value is -4.58. The predicted octanol–water partition coefficient (Wildman–Crippen LogP) is 7.82. The number of nitrogens with zero attached hydrogens (tertiary/aromatic N) is 4. The van der Waals surface area contributed by atoms with Gasteiger partial charge in [0.05, 0.1) is 38.1 Å². The van der Waals surface area contributed by atoms with E-state index in [1.165, 1.54) is 21.3 Å². The van der Waals surface area contributed by atoms with Crippen molar-refractivity contribution in [2.45, 2.75) is 23.6 Å². The van der Waals surface area contributed by atoms with E-state index in [9.17, 15) is 17.6 Å². The van der Waals surface area contributed by atoms with E-state index in [0.717, 1.165) is 35.3 Å². The largest absolute Gasteiger partial charge is 0.493 e. The molecule has 0 aliphatic carbocycles. The first-order valence-corrected chi connectivity index (χ1v) is 13.9. The van der Waals surface area contributed by atoms with Gasteiger partial charge in [-0.2, -0.15) is 13.2 Å². The number of ether oxygens (including phenoxy) is 3. The van der Waals surface area contributed by atoms with E-state index < -0.39 is 17.6 Å². The zero-order chi connectivity index (χ0) is 30.7. The molecule has 43 heavy (non-hydrogen) atoms. The molecule has 0 radical (unpaired) electrons. The standard InChI is InChI=1S/C31H26F4N4O3S/c1-5-12-39-29(37-38-30(39)43-17-19-13-20(31(33,34)35)10-11-23(19)32)22-16-25(36-24-9-7-6-8-21(22)24)18-14-26(40-2)28(42-4)27(15-18)41-3/h5-11,13-16H,1,12,17H2,2-4H3. The second kappa shape index (κ2) is 12.3. The SMILES string of the molecule is C=CCn1c(SCc2cc(C(F)(F)F)ccc2F)nnc1-c1cc(-c2cc(OC)c(OC)c(OC)c2)nc2ccccc12. The molecular weight excluding hydrogens is 584 g/mol. The van der Waals surface area contributed by atoms with E-state index in [2.05, 4.69) is 16.8 Å². The summed E-state index contributed by atoms with van der Waals surface area (Å²) >= 11 is 1.08. The summed E-state index contributed by atoms with van der Waals surface area (Å²) in [4.78, 5) is 4.87. The van der Waals surface area contributed by atoms with Crippen molar-refractivity contribution in [3.8, 4) is 39.9 Å². The van der Waals surface area contributed by atoms with E-state index in [4.69, 9.17) is 19.2 Å². The van der Waals surface area contributed by atoms with Crippen molar-refractivity contribution >= 4 is 22.7 Å². The van der Waals surface area contributed by atoms with Gasteiger partial charge in [0.25, 0.3) is 0 Å². The number of hydrogen-bond donors (Lipinski definition) is 0. The number of pyridine rings is 1. The first-order chi connectivity index (χ1) is 20.7. The maximum absolute atomic E-state index is 14.4. The number of rotatable bonds is 10. The highest BCUT2D eigenvalue weighted by Gasteiger charge is 2.31. The van der Waals surface area contributed by atoms with Crippen LogP contribution in [0.5, 0.6) is 17.2 Å². The van der Waals surface area contributed by atoms with Gasteiger partial charge in [0.15, 0.2) is 22.5 Å². The Balaban J connectivity index is 1.60. The zero-order valence-corrected chi connectivity index (χ0v) is 24.2. The number of para-hydroxylation sites is 1. The monoisotopic (exact) mass is 610 g/mol. The number of methoxy groups -OCH3 is 3. The summed E-state index contributed by atoms with van der Waals surface area (Å²) in [6.07, 6.45) is -2.92. The summed E-state index contributed by atoms with van der Waals surface area (Å²) in [6, 6.07) is 15.4. The Labute approximate surface area is 249 Å². The summed E-state index contributed by atoms with van der Waals surface area (Å²) in [5, 5.41) is 9.96. The lowest BCUT2D eigenvalue weighted by Crippen LogP contribution is -2.06. The Morgan fingerprint density at radius 1 is 0.930 bits per heavy atom. The van der Waals surface area contributed by atoms with Crippen LogP contribution in [-0.2, 0) is 18.5 Å². The minimum absolute atomic E-state index is 0.0845. The molecule has 0 atom stereocenters. The number of alkyl halides is 3. The lowest BCUT2D eigenvalue weighted by Gasteiger charge is -2.15. The maximum atomic E-state index is 14.4. The molecule has 0 fully saturated rings. The van der Waals surface area contributed by atoms with Crippen LogP contribution in [0.25, 0.3) is 33.5 Å². The molecule has 0 aliphatic rings. The van der Waals surface area contributed by atoms with Gasteiger partial charge in [-0.15, -0.1) is 16.8 Å². The number of hydrogen-bond acceptors (Lipinski definition) is 7. The third-order valence-corrected chi connectivity index (χ3v) is 7.69. The van der Waals surface area contributed by atoms with Gasteiger partial charge in [-0.05, 0) is 48.0 Å². The minimum atomic E-state index is -4.58. The normalized spacial score (nSPS) is 11.5. The fourth-order valence-corrected chi connectivity index (χ4v) is 5.55. The number of halogens is 4. The fraction of sp³-hybridized carbons (Fsp3) is 0.194. The molecule has 0 unspecified atom stereocenters. The molecular formula is C31H26F4N4O3S. The van der Waals surface area contributed by atoms with E-state index >= 15 is 0 Å². The molecule has 0 saturated heterocycles. The first kappa shape index (κ1) is 29.9. The van der Waals surface area contributed by atoms with Crippen molar-refractivity contribution in [1.82, 2.24) is 19.7 Å². The third-order valence-electron chi connectivity index (χ3n) is 6.68. The second-order valence-electron chi connectivity index (χ2n) is 9.28. The number of aromatic nitrogens is 4. The van der Waals surface area contributed by atoms with Gasteiger partial charge in [0.2, 0.25) is 5.75 Å². The maximum Gasteiger partial charge on any atom is 0.416 e. The van der Waals surface area contributed by atoms with Crippen molar-refractivity contribution in [1.29, 1.82) is 0 Å². The molecule has 0 saturated carbocycles. The predicted molar refractivity (Wildman–Crippen MR) is 157 cm³/mol. The minimum Gasteiger partial charge on any atom is -0.493 e. The molecule has 2 aromatic heterocycles. The number of fused-ring (bicyclic) bond motifs is 1. The summed E-state index contributed by atoms with van der Waals surface area (Å²) in [5.41, 5.74) is 1.69. The molecule has 0 amide bonds. The van der Waals surface area contributed by atoms with Crippen LogP contribution in [0.4, 0.5) is 17.6 Å². The molecule has 0 bridgehead atoms. The molecule has 7 nitrogen and oxygen atoms in total. The third kappa shape index (κ3) is 6.00. The molecule has 0 aliphatic heterocycles. The Morgan fingerprint density at radius 3 is 2.30 bits per heavy atom. The lowest BCUT2D eigenvalue weighted by atomic mass is 10.0. The quantitative estimate of drug-likeness (QED) is 0.0907. The van der Waals surface area contributed by atoms with Crippen LogP contribution in [0.3, 0.4) is 0 Å². The van der Waals surface area contributed by atoms with Crippen molar-refractivity contribution in [3.63, 3.8) is 0 Å². The van der Waals surface area contributed by atoms with Crippen LogP contribution in [0, 0.1) is 5.82 Å². The van der Waals surface area contributed by atoms with Gasteiger partial charge >= 0.3 is 6.18 Å². The summed E-state index contributed by atoms with van der Waals surface area (Å²) in [7, 11) is 4.58. The zero-order valence-electron chi connectivity index (χ0n) is 23.4. The lowest BCUT2D eigenvalue weighted by molar-refractivity contribution is -0.137. The average molecular weight is 611 g/mol. The van der Waals surface area contributed by atoms with Crippen LogP contribution in [0.2, 0.25) is 0 Å². The molecule has 5 rings (SSSR count). The molecule has 5 aromatic rings. The van der Waals surface area contributed by atoms with Gasteiger partial charge in [-0.25, -0.2) is 9.37 Å². The van der Waals surface area contributed by atoms with Gasteiger partial charge < -0.3 is 14.2 Å². The summed E-state index contributed by atoms with van der Waals surface area (Å²) in [5.74, 6) is 1.04. The van der Waals surface area contributed by atoms with Crippen molar-refractivity contribution in [2.75, 3.05) is 21.3 Å². The van der Waals surface area contributed by atoms with Crippen LogP contribution in [-0.4, -0.2) is 41.1 Å². The van der Waals surface area contributed by atoms with Crippen LogP contribution < -0.4 is 14.2 Å². The van der Waals surface area contributed by atoms with Crippen LogP contribution in [0.15, 0.2) is 78.5 Å². The number of allylic oxidation sites excluding steroid dienone is 1. The summed E-state index contributed by atoms with van der Waals surface area (Å²) in [6.45, 7) is 4.14. The molecule has 3 aromatic carbocycles. The Bertz CT molecular complexity index is 1780. The van der Waals surface area contributed by atoms with E-state index in [1.54, 1.807) is 22.8 Å². The Kier molecular flexibility index (Phi) is 8.58. The van der Waals surface area contributed by atoms with E-state index in [-0.39, 0.29) is 11.3 Å². The highest BCUT2D eigenvalue weighted by molar-refractivity contribution is 7.98. The molecule has 222 valence electrons. The Morgan fingerprint density at radius 2 is 1.65 bits per heavy atom. The van der Waals surface area contributed by atoms with Crippen LogP contribution >= 0.6 is 11.8 Å². The van der Waals surface area contributed by atoms with E-state index in [0.29, 0.717) is 57.1 Å². The highest BCUT2D eigenvalue weighted by atomic mass is 32.2. The van der Waals surface area contributed by atoms with Gasteiger partial charge in [-0.3, -0.25) is 4.57 Å². The number of benzene rings is 3. The second-order valence-corrected chi connectivity index (χ2v) is 10.2. The number of thioether (sulfide) groups is 1. The van der Waals surface area contributed by atoms with Crippen molar-refractivity contribution in [2.24, 2.45) is 0 Å².